The molecule has 1 aromatic rings. The Kier molecular flexibility index (Phi) is 4.92. The Morgan fingerprint density at radius 1 is 1.06 bits per heavy atom. The molecule has 0 aliphatic carbocycles. The zero-order valence-electron chi connectivity index (χ0n) is 8.74. The highest BCUT2D eigenvalue weighted by atomic mass is 31.2. The first kappa shape index (κ1) is 13.2. The van der Waals surface area contributed by atoms with E-state index in [1.807, 2.05) is 6.92 Å². The molecule has 0 amide bonds. The van der Waals surface area contributed by atoms with E-state index in [4.69, 9.17) is 24.2 Å². The van der Waals surface area contributed by atoms with E-state index < -0.39 is 8.17 Å². The Morgan fingerprint density at radius 3 is 2.12 bits per heavy atom. The molecule has 7 heteroatoms. The van der Waals surface area contributed by atoms with Gasteiger partial charge < -0.3 is 9.47 Å². The van der Waals surface area contributed by atoms with Gasteiger partial charge in [0.2, 0.25) is 0 Å². The summed E-state index contributed by atoms with van der Waals surface area (Å²) in [5.41, 5.74) is 0. The molecule has 0 fully saturated rings. The average molecular weight is 249 g/mol. The van der Waals surface area contributed by atoms with Gasteiger partial charge in [0.15, 0.2) is 12.5 Å². The zero-order chi connectivity index (χ0) is 12.0. The van der Waals surface area contributed by atoms with Gasteiger partial charge in [-0.15, -0.1) is 0 Å². The van der Waals surface area contributed by atoms with Gasteiger partial charge in [0.25, 0.3) is 0 Å². The quantitative estimate of drug-likeness (QED) is 0.397. The largest absolute Gasteiger partial charge is 0.613 e. The maximum absolute atomic E-state index is 8.66. The van der Waals surface area contributed by atoms with Crippen molar-refractivity contribution in [1.29, 1.82) is 0 Å². The van der Waals surface area contributed by atoms with Gasteiger partial charge in [-0.2, -0.15) is 14.7 Å². The van der Waals surface area contributed by atoms with Crippen LogP contribution >= 0.6 is 8.17 Å². The van der Waals surface area contributed by atoms with Gasteiger partial charge in [0.05, 0.1) is 0 Å². The Hall–Kier alpha value is -0.910. The summed E-state index contributed by atoms with van der Waals surface area (Å²) in [6, 6.07) is 6.01. The molecule has 16 heavy (non-hydrogen) atoms. The van der Waals surface area contributed by atoms with Crippen molar-refractivity contribution in [3.05, 3.63) is 24.3 Å². The minimum absolute atomic E-state index is 0.143. The molecule has 0 saturated heterocycles. The van der Waals surface area contributed by atoms with Gasteiger partial charge in [-0.3, -0.25) is 4.52 Å². The predicted molar refractivity (Wildman–Crippen MR) is 57.8 cm³/mol. The Balaban J connectivity index is 2.48. The third-order valence-electron chi connectivity index (χ3n) is 1.56. The molecular weight excluding hydrogens is 235 g/mol. The lowest BCUT2D eigenvalue weighted by Gasteiger charge is -2.07. The van der Waals surface area contributed by atoms with E-state index in [2.05, 4.69) is 4.52 Å². The van der Waals surface area contributed by atoms with Crippen molar-refractivity contribution in [3.8, 4) is 11.5 Å². The fourth-order valence-electron chi connectivity index (χ4n) is 0.931. The number of benzene rings is 1. The minimum atomic E-state index is -4.24. The summed E-state index contributed by atoms with van der Waals surface area (Å²) in [5, 5.41) is 0. The van der Waals surface area contributed by atoms with Gasteiger partial charge in [-0.05, 0) is 31.2 Å². The van der Waals surface area contributed by atoms with Crippen molar-refractivity contribution in [1.82, 2.24) is 0 Å². The van der Waals surface area contributed by atoms with E-state index in [-0.39, 0.29) is 12.5 Å². The summed E-state index contributed by atoms with van der Waals surface area (Å²) in [6.07, 6.45) is 0. The SMILES string of the molecule is CCOCOc1ccc(O[P+](O)(O)O)cc1. The first-order valence-electron chi connectivity index (χ1n) is 4.59. The molecule has 3 N–H and O–H groups in total. The summed E-state index contributed by atoms with van der Waals surface area (Å²) in [6.45, 7) is 2.56. The Morgan fingerprint density at radius 2 is 1.62 bits per heavy atom. The lowest BCUT2D eigenvalue weighted by molar-refractivity contribution is 0.0224. The molecule has 0 aliphatic rings. The molecule has 0 aliphatic heterocycles. The molecule has 1 rings (SSSR count). The van der Waals surface area contributed by atoms with E-state index in [0.717, 1.165) is 0 Å². The Labute approximate surface area is 93.7 Å². The molecule has 90 valence electrons. The van der Waals surface area contributed by atoms with Crippen LogP contribution in [-0.4, -0.2) is 28.1 Å². The predicted octanol–water partition coefficient (Wildman–Crippen LogP) is 1.09. The highest BCUT2D eigenvalue weighted by Gasteiger charge is 2.34. The second kappa shape index (κ2) is 5.98. The van der Waals surface area contributed by atoms with Crippen LogP contribution in [0, 0.1) is 0 Å². The summed E-state index contributed by atoms with van der Waals surface area (Å²) >= 11 is 0. The molecular formula is C9H14O6P+. The van der Waals surface area contributed by atoms with Crippen molar-refractivity contribution in [3.63, 3.8) is 0 Å². The van der Waals surface area contributed by atoms with Gasteiger partial charge in [-0.1, -0.05) is 0 Å². The maximum atomic E-state index is 8.66. The molecule has 0 heterocycles. The maximum Gasteiger partial charge on any atom is 0.613 e. The second-order valence-corrected chi connectivity index (χ2v) is 4.04. The van der Waals surface area contributed by atoms with Crippen LogP contribution in [0.1, 0.15) is 6.92 Å². The number of ether oxygens (including phenoxy) is 2. The van der Waals surface area contributed by atoms with Crippen LogP contribution in [0.5, 0.6) is 11.5 Å². The van der Waals surface area contributed by atoms with Crippen molar-refractivity contribution < 1.29 is 28.7 Å². The van der Waals surface area contributed by atoms with E-state index in [9.17, 15) is 0 Å². The van der Waals surface area contributed by atoms with Crippen molar-refractivity contribution >= 4 is 8.17 Å². The molecule has 0 spiro atoms. The highest BCUT2D eigenvalue weighted by Crippen LogP contribution is 2.46. The molecule has 1 aromatic carbocycles. The lowest BCUT2D eigenvalue weighted by atomic mass is 10.3. The van der Waals surface area contributed by atoms with Crippen molar-refractivity contribution in [2.75, 3.05) is 13.4 Å². The first-order chi connectivity index (χ1) is 7.51. The summed E-state index contributed by atoms with van der Waals surface area (Å²) < 4.78 is 14.6. The van der Waals surface area contributed by atoms with Crippen LogP contribution < -0.4 is 9.26 Å². The highest BCUT2D eigenvalue weighted by molar-refractivity contribution is 7.53. The molecule has 0 aromatic heterocycles. The lowest BCUT2D eigenvalue weighted by Crippen LogP contribution is -2.02. The third-order valence-corrected chi connectivity index (χ3v) is 2.02. The molecule has 0 radical (unpaired) electrons. The number of rotatable bonds is 6. The van der Waals surface area contributed by atoms with E-state index >= 15 is 0 Å². The van der Waals surface area contributed by atoms with E-state index in [1.165, 1.54) is 12.1 Å². The topological polar surface area (TPSA) is 88.4 Å². The monoisotopic (exact) mass is 249 g/mol. The van der Waals surface area contributed by atoms with Gasteiger partial charge in [0, 0.05) is 6.61 Å². The average Bonchev–Trinajstić information content (AvgIpc) is 2.19. The fourth-order valence-corrected chi connectivity index (χ4v) is 1.34. The van der Waals surface area contributed by atoms with E-state index in [1.54, 1.807) is 12.1 Å². The summed E-state index contributed by atoms with van der Waals surface area (Å²) in [7, 11) is -4.24. The molecule has 6 nitrogen and oxygen atoms in total. The van der Waals surface area contributed by atoms with Crippen molar-refractivity contribution in [2.45, 2.75) is 6.92 Å². The van der Waals surface area contributed by atoms with Gasteiger partial charge in [0.1, 0.15) is 5.75 Å². The summed E-state index contributed by atoms with van der Waals surface area (Å²) in [4.78, 5) is 26.0. The van der Waals surface area contributed by atoms with Crippen LogP contribution in [0.3, 0.4) is 0 Å². The second-order valence-electron chi connectivity index (χ2n) is 2.83. The standard InChI is InChI=1S/C9H14O6P/c1-2-13-7-14-8-3-5-9(6-4-8)15-16(10,11)12/h3-6,10-12H,2,7H2,1H3/q+1. The van der Waals surface area contributed by atoms with E-state index in [0.29, 0.717) is 12.4 Å². The summed E-state index contributed by atoms with van der Waals surface area (Å²) in [5.74, 6) is 0.697. The molecule has 0 bridgehead atoms. The van der Waals surface area contributed by atoms with Crippen LogP contribution in [0.2, 0.25) is 0 Å². The minimum Gasteiger partial charge on any atom is -0.468 e. The van der Waals surface area contributed by atoms with Gasteiger partial charge >= 0.3 is 8.17 Å². The zero-order valence-corrected chi connectivity index (χ0v) is 9.63. The first-order valence-corrected chi connectivity index (χ1v) is 6.15. The van der Waals surface area contributed by atoms with Crippen LogP contribution in [0.25, 0.3) is 0 Å². The number of hydrogen-bond acceptors (Lipinski definition) is 6. The normalized spacial score (nSPS) is 11.2. The third kappa shape index (κ3) is 5.25. The van der Waals surface area contributed by atoms with Crippen LogP contribution in [0.15, 0.2) is 24.3 Å². The van der Waals surface area contributed by atoms with Crippen LogP contribution in [0.4, 0.5) is 0 Å². The Bertz CT molecular complexity index is 307. The van der Waals surface area contributed by atoms with Gasteiger partial charge in [-0.25, -0.2) is 0 Å². The molecule has 0 unspecified atom stereocenters. The smallest absolute Gasteiger partial charge is 0.468 e. The number of hydrogen-bond donors (Lipinski definition) is 3. The fraction of sp³-hybridized carbons (Fsp3) is 0.333. The van der Waals surface area contributed by atoms with Crippen molar-refractivity contribution in [2.24, 2.45) is 0 Å². The molecule has 0 saturated carbocycles. The molecule has 0 atom stereocenters. The van der Waals surface area contributed by atoms with Crippen LogP contribution in [-0.2, 0) is 4.74 Å².